The third-order valence-electron chi connectivity index (χ3n) is 3.65. The number of carbonyl (C=O) groups is 2. The molecular formula is C18H28N2O2. The van der Waals surface area contributed by atoms with Crippen LogP contribution >= 0.6 is 0 Å². The van der Waals surface area contributed by atoms with Crippen LogP contribution in [0.5, 0.6) is 0 Å². The maximum absolute atomic E-state index is 12.4. The molecule has 4 nitrogen and oxygen atoms in total. The molecule has 22 heavy (non-hydrogen) atoms. The summed E-state index contributed by atoms with van der Waals surface area (Å²) in [5.41, 5.74) is 2.23. The van der Waals surface area contributed by atoms with Gasteiger partial charge in [0.1, 0.15) is 6.04 Å². The number of hydrogen-bond donors (Lipinski definition) is 1. The van der Waals surface area contributed by atoms with Gasteiger partial charge in [-0.2, -0.15) is 0 Å². The lowest BCUT2D eigenvalue weighted by atomic mass is 10.1. The third-order valence-corrected chi connectivity index (χ3v) is 3.65. The highest BCUT2D eigenvalue weighted by molar-refractivity contribution is 5.87. The number of rotatable bonds is 8. The zero-order valence-corrected chi connectivity index (χ0v) is 14.2. The van der Waals surface area contributed by atoms with Crippen LogP contribution in [-0.2, 0) is 16.1 Å². The molecule has 2 amide bonds. The van der Waals surface area contributed by atoms with E-state index < -0.39 is 6.04 Å². The molecule has 1 rings (SSSR count). The van der Waals surface area contributed by atoms with Crippen molar-refractivity contribution < 1.29 is 9.59 Å². The van der Waals surface area contributed by atoms with E-state index in [1.807, 2.05) is 45.0 Å². The van der Waals surface area contributed by atoms with Gasteiger partial charge in [0.25, 0.3) is 0 Å². The summed E-state index contributed by atoms with van der Waals surface area (Å²) in [6.45, 7) is 8.93. The number of nitrogens with zero attached hydrogens (tertiary/aromatic N) is 1. The predicted molar refractivity (Wildman–Crippen MR) is 89.4 cm³/mol. The number of hydrogen-bond acceptors (Lipinski definition) is 2. The smallest absolute Gasteiger partial charge is 0.242 e. The zero-order valence-electron chi connectivity index (χ0n) is 14.2. The molecular weight excluding hydrogens is 276 g/mol. The Morgan fingerprint density at radius 1 is 1.14 bits per heavy atom. The molecule has 1 N–H and O–H groups in total. The van der Waals surface area contributed by atoms with Gasteiger partial charge in [-0.1, -0.05) is 43.7 Å². The van der Waals surface area contributed by atoms with Crippen molar-refractivity contribution in [2.75, 3.05) is 6.54 Å². The Kier molecular flexibility index (Phi) is 7.64. The summed E-state index contributed by atoms with van der Waals surface area (Å²) in [4.78, 5) is 26.3. The maximum Gasteiger partial charge on any atom is 0.242 e. The lowest BCUT2D eigenvalue weighted by Gasteiger charge is -2.28. The van der Waals surface area contributed by atoms with E-state index in [-0.39, 0.29) is 11.8 Å². The lowest BCUT2D eigenvalue weighted by molar-refractivity contribution is -0.140. The summed E-state index contributed by atoms with van der Waals surface area (Å²) in [7, 11) is 0. The zero-order chi connectivity index (χ0) is 16.5. The summed E-state index contributed by atoms with van der Waals surface area (Å²) >= 11 is 0. The molecule has 0 radical (unpaired) electrons. The fraction of sp³-hybridized carbons (Fsp3) is 0.556. The Labute approximate surface area is 133 Å². The van der Waals surface area contributed by atoms with Crippen LogP contribution in [0.15, 0.2) is 24.3 Å². The molecule has 1 atom stereocenters. The SMILES string of the molecule is CCCNC(=O)[C@@H](C)N(Cc1ccc(C)cc1)C(=O)CCC. The molecule has 0 fully saturated rings. The molecule has 1 aromatic carbocycles. The molecule has 0 aromatic heterocycles. The Morgan fingerprint density at radius 3 is 2.32 bits per heavy atom. The van der Waals surface area contributed by atoms with E-state index in [0.29, 0.717) is 19.5 Å². The van der Waals surface area contributed by atoms with Crippen LogP contribution in [-0.4, -0.2) is 29.3 Å². The van der Waals surface area contributed by atoms with Crippen LogP contribution in [0.4, 0.5) is 0 Å². The summed E-state index contributed by atoms with van der Waals surface area (Å²) in [5, 5.41) is 2.87. The highest BCUT2D eigenvalue weighted by Crippen LogP contribution is 2.12. The first-order valence-corrected chi connectivity index (χ1v) is 8.12. The summed E-state index contributed by atoms with van der Waals surface area (Å²) in [6.07, 6.45) is 2.14. The Hall–Kier alpha value is -1.84. The van der Waals surface area contributed by atoms with E-state index in [1.54, 1.807) is 11.8 Å². The first kappa shape index (κ1) is 18.2. The molecule has 0 aliphatic rings. The standard InChI is InChI=1S/C18H28N2O2/c1-5-7-17(21)20(15(4)18(22)19-12-6-2)13-16-10-8-14(3)9-11-16/h8-11,15H,5-7,12-13H2,1-4H3,(H,19,22)/t15-/m1/s1. The van der Waals surface area contributed by atoms with Crippen LogP contribution in [0.1, 0.15) is 51.2 Å². The quantitative estimate of drug-likeness (QED) is 0.802. The van der Waals surface area contributed by atoms with Gasteiger partial charge in [-0.05, 0) is 32.3 Å². The molecule has 4 heteroatoms. The van der Waals surface area contributed by atoms with Crippen LogP contribution in [0.25, 0.3) is 0 Å². The normalized spacial score (nSPS) is 11.8. The Balaban J connectivity index is 2.85. The summed E-state index contributed by atoms with van der Waals surface area (Å²) in [5.74, 6) is -0.0550. The van der Waals surface area contributed by atoms with Gasteiger partial charge in [0.05, 0.1) is 0 Å². The second-order valence-corrected chi connectivity index (χ2v) is 5.72. The van der Waals surface area contributed by atoms with Crippen molar-refractivity contribution in [2.45, 2.75) is 59.5 Å². The van der Waals surface area contributed by atoms with E-state index in [9.17, 15) is 9.59 Å². The molecule has 0 bridgehead atoms. The summed E-state index contributed by atoms with van der Waals surface area (Å²) < 4.78 is 0. The van der Waals surface area contributed by atoms with Gasteiger partial charge in [0.15, 0.2) is 0 Å². The van der Waals surface area contributed by atoms with Crippen molar-refractivity contribution in [3.63, 3.8) is 0 Å². The minimum absolute atomic E-state index is 0.0298. The van der Waals surface area contributed by atoms with Gasteiger partial charge < -0.3 is 10.2 Å². The highest BCUT2D eigenvalue weighted by Gasteiger charge is 2.25. The molecule has 0 heterocycles. The second kappa shape index (κ2) is 9.23. The monoisotopic (exact) mass is 304 g/mol. The van der Waals surface area contributed by atoms with Gasteiger partial charge in [0, 0.05) is 19.5 Å². The number of carbonyl (C=O) groups excluding carboxylic acids is 2. The largest absolute Gasteiger partial charge is 0.354 e. The number of nitrogens with one attached hydrogen (secondary N) is 1. The minimum atomic E-state index is -0.452. The molecule has 0 spiro atoms. The lowest BCUT2D eigenvalue weighted by Crippen LogP contribution is -2.47. The van der Waals surface area contributed by atoms with Crippen LogP contribution in [0, 0.1) is 6.92 Å². The molecule has 1 aromatic rings. The fourth-order valence-corrected chi connectivity index (χ4v) is 2.23. The van der Waals surface area contributed by atoms with Crippen molar-refractivity contribution in [1.29, 1.82) is 0 Å². The van der Waals surface area contributed by atoms with Crippen LogP contribution < -0.4 is 5.32 Å². The van der Waals surface area contributed by atoms with Crippen molar-refractivity contribution in [2.24, 2.45) is 0 Å². The van der Waals surface area contributed by atoms with Gasteiger partial charge in [-0.3, -0.25) is 9.59 Å². The molecule has 0 saturated heterocycles. The minimum Gasteiger partial charge on any atom is -0.354 e. The topological polar surface area (TPSA) is 49.4 Å². The van der Waals surface area contributed by atoms with E-state index in [0.717, 1.165) is 18.4 Å². The third kappa shape index (κ3) is 5.51. The van der Waals surface area contributed by atoms with E-state index in [2.05, 4.69) is 5.32 Å². The molecule has 0 aliphatic heterocycles. The number of aryl methyl sites for hydroxylation is 1. The maximum atomic E-state index is 12.4. The van der Waals surface area contributed by atoms with E-state index >= 15 is 0 Å². The second-order valence-electron chi connectivity index (χ2n) is 5.72. The average molecular weight is 304 g/mol. The van der Waals surface area contributed by atoms with Crippen molar-refractivity contribution in [3.8, 4) is 0 Å². The van der Waals surface area contributed by atoms with Gasteiger partial charge in [0.2, 0.25) is 11.8 Å². The molecule has 0 saturated carbocycles. The van der Waals surface area contributed by atoms with E-state index in [1.165, 1.54) is 5.56 Å². The fourth-order valence-electron chi connectivity index (χ4n) is 2.23. The van der Waals surface area contributed by atoms with Gasteiger partial charge >= 0.3 is 0 Å². The van der Waals surface area contributed by atoms with Crippen molar-refractivity contribution in [1.82, 2.24) is 10.2 Å². The molecule has 0 aliphatic carbocycles. The van der Waals surface area contributed by atoms with E-state index in [4.69, 9.17) is 0 Å². The first-order chi connectivity index (χ1) is 10.5. The molecule has 0 unspecified atom stereocenters. The number of amides is 2. The Bertz CT molecular complexity index is 482. The summed E-state index contributed by atoms with van der Waals surface area (Å²) in [6, 6.07) is 7.63. The van der Waals surface area contributed by atoms with Crippen molar-refractivity contribution >= 4 is 11.8 Å². The van der Waals surface area contributed by atoms with Crippen LogP contribution in [0.3, 0.4) is 0 Å². The average Bonchev–Trinajstić information content (AvgIpc) is 2.51. The highest BCUT2D eigenvalue weighted by atomic mass is 16.2. The Morgan fingerprint density at radius 2 is 1.77 bits per heavy atom. The van der Waals surface area contributed by atoms with Crippen molar-refractivity contribution in [3.05, 3.63) is 35.4 Å². The molecule has 122 valence electrons. The van der Waals surface area contributed by atoms with Gasteiger partial charge in [-0.15, -0.1) is 0 Å². The predicted octanol–water partition coefficient (Wildman–Crippen LogP) is 3.04. The van der Waals surface area contributed by atoms with Crippen LogP contribution in [0.2, 0.25) is 0 Å². The first-order valence-electron chi connectivity index (χ1n) is 8.12. The number of benzene rings is 1. The van der Waals surface area contributed by atoms with Gasteiger partial charge in [-0.25, -0.2) is 0 Å².